The van der Waals surface area contributed by atoms with E-state index in [1.807, 2.05) is 6.92 Å². The number of nitrogens with zero attached hydrogens (tertiary/aromatic N) is 3. The van der Waals surface area contributed by atoms with Crippen LogP contribution < -0.4 is 20.3 Å². The van der Waals surface area contributed by atoms with Crippen LogP contribution in [0.3, 0.4) is 0 Å². The van der Waals surface area contributed by atoms with E-state index in [-0.39, 0.29) is 30.4 Å². The van der Waals surface area contributed by atoms with Crippen molar-refractivity contribution < 1.29 is 18.3 Å². The summed E-state index contributed by atoms with van der Waals surface area (Å²) in [5.74, 6) is 1.09. The van der Waals surface area contributed by atoms with Gasteiger partial charge in [-0.1, -0.05) is 23.4 Å². The first-order chi connectivity index (χ1) is 15.0. The van der Waals surface area contributed by atoms with Crippen LogP contribution in [0, 0.1) is 11.7 Å². The van der Waals surface area contributed by atoms with Crippen LogP contribution in [0.2, 0.25) is 0 Å². The predicted octanol–water partition coefficient (Wildman–Crippen LogP) is 3.53. The highest BCUT2D eigenvalue weighted by Gasteiger charge is 2.29. The monoisotopic (exact) mass is 447 g/mol. The number of nitrogens with one attached hydrogen (secondary N) is 2. The molecule has 1 saturated heterocycles. The normalized spacial score (nSPS) is 17.2. The molecule has 166 valence electrons. The first-order valence-corrected chi connectivity index (χ1v) is 11.0. The van der Waals surface area contributed by atoms with Crippen molar-refractivity contribution in [2.45, 2.75) is 45.1 Å². The Hall–Kier alpha value is -2.59. The molecule has 10 heteroatoms. The van der Waals surface area contributed by atoms with Crippen molar-refractivity contribution in [3.05, 3.63) is 35.5 Å². The number of hydrogen-bond acceptors (Lipinski definition) is 7. The molecule has 2 aromatic rings. The quantitative estimate of drug-likeness (QED) is 0.402. The molecule has 2 amide bonds. The molecule has 0 radical (unpaired) electrons. The van der Waals surface area contributed by atoms with Gasteiger partial charge in [0.2, 0.25) is 5.89 Å². The van der Waals surface area contributed by atoms with Gasteiger partial charge in [0, 0.05) is 12.5 Å². The number of benzene rings is 1. The van der Waals surface area contributed by atoms with E-state index in [9.17, 15) is 9.18 Å². The molecule has 0 bridgehead atoms. The lowest BCUT2D eigenvalue weighted by molar-refractivity contribution is 0.252. The summed E-state index contributed by atoms with van der Waals surface area (Å²) in [6, 6.07) is 4.94. The van der Waals surface area contributed by atoms with Crippen molar-refractivity contribution in [1.29, 1.82) is 0 Å². The van der Waals surface area contributed by atoms with Crippen molar-refractivity contribution in [3.63, 3.8) is 0 Å². The smallest absolute Gasteiger partial charge is 0.330 e. The number of thiocarbonyl (C=S) groups is 1. The highest BCUT2D eigenvalue weighted by atomic mass is 32.1. The van der Waals surface area contributed by atoms with Crippen LogP contribution in [0.5, 0.6) is 5.75 Å². The summed E-state index contributed by atoms with van der Waals surface area (Å²) in [6.07, 6.45) is 4.73. The largest absolute Gasteiger partial charge is 0.490 e. The third-order valence-electron chi connectivity index (χ3n) is 5.37. The van der Waals surface area contributed by atoms with E-state index in [1.165, 1.54) is 23.8 Å². The second kappa shape index (κ2) is 9.69. The third-order valence-corrected chi connectivity index (χ3v) is 5.61. The number of rotatable bonds is 11. The molecule has 2 aliphatic rings. The lowest BCUT2D eigenvalue weighted by Crippen LogP contribution is -2.28. The zero-order valence-corrected chi connectivity index (χ0v) is 18.2. The van der Waals surface area contributed by atoms with Gasteiger partial charge in [-0.15, -0.1) is 5.10 Å². The van der Waals surface area contributed by atoms with Gasteiger partial charge in [-0.05, 0) is 62.8 Å². The Morgan fingerprint density at radius 3 is 2.97 bits per heavy atom. The summed E-state index contributed by atoms with van der Waals surface area (Å²) < 4.78 is 25.2. The maximum Gasteiger partial charge on any atom is 0.330 e. The van der Waals surface area contributed by atoms with Gasteiger partial charge in [-0.25, -0.2) is 14.1 Å². The van der Waals surface area contributed by atoms with E-state index in [1.54, 1.807) is 12.1 Å². The van der Waals surface area contributed by atoms with Crippen LogP contribution in [0.1, 0.15) is 50.1 Å². The van der Waals surface area contributed by atoms with Gasteiger partial charge in [-0.3, -0.25) is 0 Å². The molecule has 4 rings (SSSR count). The standard InChI is InChI=1S/C21H26FN5O3S/c1-13(15-7-8-16(22)17(10-15)29-12-14-5-6-14)23-9-3-2-4-18-25-26-21(30-18)27-11-19(31)24-20(27)28/h7-8,10,13-14,23H,2-6,9,11-12H2,1H3,(H,24,28,31)/t13-/m1/s1. The zero-order chi connectivity index (χ0) is 21.8. The molecule has 1 aromatic heterocycles. The van der Waals surface area contributed by atoms with E-state index >= 15 is 0 Å². The van der Waals surface area contributed by atoms with Gasteiger partial charge < -0.3 is 19.8 Å². The third kappa shape index (κ3) is 5.76. The SMILES string of the molecule is C[C@@H](NCCCCc1nnc(N2CC(=S)NC2=O)o1)c1ccc(F)c(OCC2CC2)c1. The molecular weight excluding hydrogens is 421 g/mol. The predicted molar refractivity (Wildman–Crippen MR) is 117 cm³/mol. The zero-order valence-electron chi connectivity index (χ0n) is 17.4. The number of carbonyl (C=O) groups is 1. The minimum atomic E-state index is -0.347. The first-order valence-electron chi connectivity index (χ1n) is 10.6. The first kappa shape index (κ1) is 21.6. The number of aromatic nitrogens is 2. The molecule has 2 heterocycles. The molecule has 8 nitrogen and oxygen atoms in total. The second-order valence-electron chi connectivity index (χ2n) is 8.00. The molecule has 1 aliphatic heterocycles. The topological polar surface area (TPSA) is 92.5 Å². The van der Waals surface area contributed by atoms with Crippen molar-refractivity contribution in [1.82, 2.24) is 20.8 Å². The van der Waals surface area contributed by atoms with Crippen LogP contribution in [0.4, 0.5) is 15.2 Å². The van der Waals surface area contributed by atoms with E-state index in [2.05, 4.69) is 20.8 Å². The van der Waals surface area contributed by atoms with Crippen LogP contribution in [-0.4, -0.2) is 40.9 Å². The maximum atomic E-state index is 14.0. The van der Waals surface area contributed by atoms with Gasteiger partial charge in [0.15, 0.2) is 11.6 Å². The molecule has 1 aromatic carbocycles. The highest BCUT2D eigenvalue weighted by molar-refractivity contribution is 7.80. The number of ether oxygens (including phenoxy) is 1. The number of amides is 2. The molecule has 31 heavy (non-hydrogen) atoms. The molecule has 1 saturated carbocycles. The Kier molecular flexibility index (Phi) is 6.77. The van der Waals surface area contributed by atoms with Crippen molar-refractivity contribution in [3.8, 4) is 5.75 Å². The summed E-state index contributed by atoms with van der Waals surface area (Å²) in [4.78, 5) is 13.5. The lowest BCUT2D eigenvalue weighted by Gasteiger charge is -2.16. The van der Waals surface area contributed by atoms with Crippen LogP contribution >= 0.6 is 12.2 Å². The van der Waals surface area contributed by atoms with Crippen molar-refractivity contribution in [2.24, 2.45) is 5.92 Å². The lowest BCUT2D eigenvalue weighted by atomic mass is 10.1. The Balaban J connectivity index is 1.18. The Morgan fingerprint density at radius 2 is 2.23 bits per heavy atom. The number of hydrogen-bond donors (Lipinski definition) is 2. The minimum Gasteiger partial charge on any atom is -0.490 e. The summed E-state index contributed by atoms with van der Waals surface area (Å²) in [5.41, 5.74) is 0.996. The van der Waals surface area contributed by atoms with Crippen molar-refractivity contribution >= 4 is 29.3 Å². The number of halogens is 1. The fraction of sp³-hybridized carbons (Fsp3) is 0.524. The molecular formula is C21H26FN5O3S. The van der Waals surface area contributed by atoms with E-state index in [0.717, 1.165) is 24.9 Å². The van der Waals surface area contributed by atoms with Gasteiger partial charge in [0.25, 0.3) is 0 Å². The second-order valence-corrected chi connectivity index (χ2v) is 8.49. The molecule has 0 spiro atoms. The summed E-state index contributed by atoms with van der Waals surface area (Å²) in [5, 5.41) is 13.9. The van der Waals surface area contributed by atoms with Crippen LogP contribution in [0.25, 0.3) is 0 Å². The van der Waals surface area contributed by atoms with Gasteiger partial charge in [0.05, 0.1) is 13.2 Å². The molecule has 2 fully saturated rings. The Bertz CT molecular complexity index is 949. The average Bonchev–Trinajstić information content (AvgIpc) is 3.36. The van der Waals surface area contributed by atoms with Gasteiger partial charge in [0.1, 0.15) is 4.99 Å². The van der Waals surface area contributed by atoms with Crippen molar-refractivity contribution in [2.75, 3.05) is 24.6 Å². The Morgan fingerprint density at radius 1 is 1.39 bits per heavy atom. The molecule has 1 atom stereocenters. The number of unbranched alkanes of at least 4 members (excludes halogenated alkanes) is 1. The van der Waals surface area contributed by atoms with Gasteiger partial charge in [-0.2, -0.15) is 0 Å². The Labute approximate surface area is 185 Å². The van der Waals surface area contributed by atoms with E-state index in [4.69, 9.17) is 21.4 Å². The number of aryl methyl sites for hydroxylation is 1. The summed E-state index contributed by atoms with van der Waals surface area (Å²) in [7, 11) is 0. The summed E-state index contributed by atoms with van der Waals surface area (Å²) >= 11 is 4.98. The fourth-order valence-electron chi connectivity index (χ4n) is 3.28. The van der Waals surface area contributed by atoms with E-state index in [0.29, 0.717) is 35.6 Å². The molecule has 0 unspecified atom stereocenters. The number of urea groups is 1. The molecule has 2 N–H and O–H groups in total. The van der Waals surface area contributed by atoms with E-state index < -0.39 is 0 Å². The highest BCUT2D eigenvalue weighted by Crippen LogP contribution is 2.31. The minimum absolute atomic E-state index is 0.0800. The fourth-order valence-corrected chi connectivity index (χ4v) is 3.50. The van der Waals surface area contributed by atoms with Crippen LogP contribution in [-0.2, 0) is 6.42 Å². The summed E-state index contributed by atoms with van der Waals surface area (Å²) in [6.45, 7) is 3.69. The molecule has 1 aliphatic carbocycles. The average molecular weight is 448 g/mol. The maximum absolute atomic E-state index is 14.0. The van der Waals surface area contributed by atoms with Crippen LogP contribution in [0.15, 0.2) is 22.6 Å². The number of carbonyl (C=O) groups excluding carboxylic acids is 1. The van der Waals surface area contributed by atoms with Gasteiger partial charge >= 0.3 is 12.0 Å². The number of anilines is 1.